The third-order valence-electron chi connectivity index (χ3n) is 4.76. The Bertz CT molecular complexity index is 849. The monoisotopic (exact) mass is 434 g/mol. The van der Waals surface area contributed by atoms with Crippen molar-refractivity contribution in [1.29, 1.82) is 0 Å². The fraction of sp³-hybridized carbons (Fsp3) is 0.321. The molecule has 0 aliphatic heterocycles. The first-order valence-electron chi connectivity index (χ1n) is 11.0. The van der Waals surface area contributed by atoms with Crippen LogP contribution in [-0.4, -0.2) is 5.97 Å². The molecule has 0 N–H and O–H groups in total. The van der Waals surface area contributed by atoms with Crippen molar-refractivity contribution >= 4 is 17.7 Å². The van der Waals surface area contributed by atoms with Gasteiger partial charge in [-0.15, -0.1) is 0 Å². The molecule has 0 bridgehead atoms. The van der Waals surface area contributed by atoms with E-state index in [-0.39, 0.29) is 5.97 Å². The summed E-state index contributed by atoms with van der Waals surface area (Å²) in [5.41, 5.74) is 2.80. The first-order valence-corrected chi connectivity index (χ1v) is 11.8. The molecule has 0 saturated carbocycles. The molecule has 0 unspecified atom stereocenters. The van der Waals surface area contributed by atoms with Crippen molar-refractivity contribution in [1.82, 2.24) is 0 Å². The van der Waals surface area contributed by atoms with Crippen LogP contribution >= 0.6 is 11.8 Å². The summed E-state index contributed by atoms with van der Waals surface area (Å²) in [6.07, 6.45) is 1.31. The summed E-state index contributed by atoms with van der Waals surface area (Å²) in [6, 6.07) is 26.9. The minimum Gasteiger partial charge on any atom is -0.427 e. The molecular formula is C28H34O2S. The van der Waals surface area contributed by atoms with E-state index in [4.69, 9.17) is 4.74 Å². The van der Waals surface area contributed by atoms with Crippen molar-refractivity contribution in [3.05, 3.63) is 90.0 Å². The van der Waals surface area contributed by atoms with Gasteiger partial charge in [0.2, 0.25) is 0 Å². The van der Waals surface area contributed by atoms with Crippen molar-refractivity contribution in [3.8, 4) is 5.75 Å². The molecule has 0 aromatic heterocycles. The standard InChI is InChI=1S/C18H22S.C10H12O2/c1-13(2)15-5-9-17(10-6-15)19-18-11-7-16(8-12-18)14(3)4;1-2-6-10(11)12-9-7-4-3-5-8-9/h5-14H,1-4H3;3-5,7-8H,2,6H2,1H3. The van der Waals surface area contributed by atoms with Gasteiger partial charge in [0.25, 0.3) is 0 Å². The summed E-state index contributed by atoms with van der Waals surface area (Å²) < 4.78 is 5.02. The van der Waals surface area contributed by atoms with Crippen LogP contribution in [0.15, 0.2) is 88.7 Å². The zero-order valence-electron chi connectivity index (χ0n) is 19.3. The molecule has 31 heavy (non-hydrogen) atoms. The zero-order chi connectivity index (χ0) is 22.6. The fourth-order valence-corrected chi connectivity index (χ4v) is 3.67. The molecule has 0 aliphatic rings. The highest BCUT2D eigenvalue weighted by atomic mass is 32.2. The maximum atomic E-state index is 11.0. The van der Waals surface area contributed by atoms with Crippen LogP contribution in [0, 0.1) is 0 Å². The lowest BCUT2D eigenvalue weighted by atomic mass is 10.0. The summed E-state index contributed by atoms with van der Waals surface area (Å²) in [6.45, 7) is 10.9. The summed E-state index contributed by atoms with van der Waals surface area (Å²) >= 11 is 1.83. The Labute approximate surface area is 192 Å². The third kappa shape index (κ3) is 9.02. The van der Waals surface area contributed by atoms with E-state index in [1.165, 1.54) is 20.9 Å². The van der Waals surface area contributed by atoms with Crippen molar-refractivity contribution in [2.45, 2.75) is 69.1 Å². The molecule has 3 aromatic rings. The number of carbonyl (C=O) groups excluding carboxylic acids is 1. The molecule has 3 heteroatoms. The second-order valence-electron chi connectivity index (χ2n) is 8.09. The maximum absolute atomic E-state index is 11.0. The lowest BCUT2D eigenvalue weighted by molar-refractivity contribution is -0.134. The Balaban J connectivity index is 0.000000245. The van der Waals surface area contributed by atoms with Crippen LogP contribution in [0.1, 0.15) is 70.4 Å². The minimum absolute atomic E-state index is 0.163. The van der Waals surface area contributed by atoms with Gasteiger partial charge in [0.05, 0.1) is 0 Å². The maximum Gasteiger partial charge on any atom is 0.311 e. The van der Waals surface area contributed by atoms with E-state index in [1.54, 1.807) is 12.1 Å². The molecule has 164 valence electrons. The van der Waals surface area contributed by atoms with Gasteiger partial charge in [-0.2, -0.15) is 0 Å². The van der Waals surface area contributed by atoms with Gasteiger partial charge >= 0.3 is 5.97 Å². The molecule has 2 nitrogen and oxygen atoms in total. The molecule has 0 fully saturated rings. The Kier molecular flexibility index (Phi) is 10.4. The van der Waals surface area contributed by atoms with Crippen molar-refractivity contribution in [3.63, 3.8) is 0 Å². The van der Waals surface area contributed by atoms with Gasteiger partial charge in [-0.3, -0.25) is 4.79 Å². The van der Waals surface area contributed by atoms with E-state index in [9.17, 15) is 4.79 Å². The number of benzene rings is 3. The Morgan fingerprint density at radius 2 is 1.19 bits per heavy atom. The fourth-order valence-electron chi connectivity index (χ4n) is 2.85. The third-order valence-corrected chi connectivity index (χ3v) is 5.77. The number of para-hydroxylation sites is 1. The minimum atomic E-state index is -0.163. The van der Waals surface area contributed by atoms with E-state index < -0.39 is 0 Å². The summed E-state index contributed by atoms with van der Waals surface area (Å²) in [5, 5.41) is 0. The lowest BCUT2D eigenvalue weighted by Crippen LogP contribution is -2.06. The largest absolute Gasteiger partial charge is 0.427 e. The number of esters is 1. The van der Waals surface area contributed by atoms with Gasteiger partial charge in [0.1, 0.15) is 5.75 Å². The molecule has 0 amide bonds. The highest BCUT2D eigenvalue weighted by molar-refractivity contribution is 7.99. The number of rotatable bonds is 7. The van der Waals surface area contributed by atoms with Crippen molar-refractivity contribution in [2.24, 2.45) is 0 Å². The molecule has 0 saturated heterocycles. The Hall–Kier alpha value is -2.52. The second-order valence-corrected chi connectivity index (χ2v) is 9.23. The summed E-state index contributed by atoms with van der Waals surface area (Å²) in [5.74, 6) is 1.66. The van der Waals surface area contributed by atoms with E-state index in [0.717, 1.165) is 6.42 Å². The quantitative estimate of drug-likeness (QED) is 0.275. The lowest BCUT2D eigenvalue weighted by Gasteiger charge is -2.08. The van der Waals surface area contributed by atoms with E-state index in [0.29, 0.717) is 24.0 Å². The van der Waals surface area contributed by atoms with Crippen molar-refractivity contribution < 1.29 is 9.53 Å². The van der Waals surface area contributed by atoms with Gasteiger partial charge in [-0.05, 0) is 65.8 Å². The molecule has 0 spiro atoms. The number of ether oxygens (including phenoxy) is 1. The summed E-state index contributed by atoms with van der Waals surface area (Å²) in [4.78, 5) is 13.6. The first-order chi connectivity index (χ1) is 14.9. The molecule has 3 aromatic carbocycles. The molecular weight excluding hydrogens is 400 g/mol. The van der Waals surface area contributed by atoms with Crippen LogP contribution < -0.4 is 4.74 Å². The van der Waals surface area contributed by atoms with E-state index >= 15 is 0 Å². The van der Waals surface area contributed by atoms with Crippen LogP contribution in [0.3, 0.4) is 0 Å². The topological polar surface area (TPSA) is 26.3 Å². The smallest absolute Gasteiger partial charge is 0.311 e. The number of hydrogen-bond donors (Lipinski definition) is 0. The van der Waals surface area contributed by atoms with Crippen LogP contribution in [0.2, 0.25) is 0 Å². The average Bonchev–Trinajstić information content (AvgIpc) is 2.76. The van der Waals surface area contributed by atoms with Crippen LogP contribution in [0.25, 0.3) is 0 Å². The van der Waals surface area contributed by atoms with Crippen LogP contribution in [0.4, 0.5) is 0 Å². The molecule has 3 rings (SSSR count). The van der Waals surface area contributed by atoms with Crippen LogP contribution in [-0.2, 0) is 4.79 Å². The average molecular weight is 435 g/mol. The van der Waals surface area contributed by atoms with Gasteiger partial charge in [-0.1, -0.05) is 88.8 Å². The Morgan fingerprint density at radius 3 is 1.58 bits per heavy atom. The summed E-state index contributed by atoms with van der Waals surface area (Å²) in [7, 11) is 0. The molecule has 0 aliphatic carbocycles. The van der Waals surface area contributed by atoms with Gasteiger partial charge in [0, 0.05) is 16.2 Å². The van der Waals surface area contributed by atoms with Gasteiger partial charge in [0.15, 0.2) is 0 Å². The molecule has 0 atom stereocenters. The zero-order valence-corrected chi connectivity index (χ0v) is 20.1. The Morgan fingerprint density at radius 1 is 0.742 bits per heavy atom. The molecule has 0 heterocycles. The highest BCUT2D eigenvalue weighted by Gasteiger charge is 2.03. The molecule has 0 radical (unpaired) electrons. The number of hydrogen-bond acceptors (Lipinski definition) is 3. The second kappa shape index (κ2) is 13.0. The van der Waals surface area contributed by atoms with E-state index in [1.807, 2.05) is 36.9 Å². The predicted molar refractivity (Wildman–Crippen MR) is 132 cm³/mol. The SMILES string of the molecule is CC(C)c1ccc(Sc2ccc(C(C)C)cc2)cc1.CCCC(=O)Oc1ccccc1. The van der Waals surface area contributed by atoms with Gasteiger partial charge in [-0.25, -0.2) is 0 Å². The van der Waals surface area contributed by atoms with Gasteiger partial charge < -0.3 is 4.74 Å². The number of carbonyl (C=O) groups is 1. The highest BCUT2D eigenvalue weighted by Crippen LogP contribution is 2.29. The predicted octanol–water partition coefficient (Wildman–Crippen LogP) is 8.48. The van der Waals surface area contributed by atoms with Crippen molar-refractivity contribution in [2.75, 3.05) is 0 Å². The van der Waals surface area contributed by atoms with E-state index in [2.05, 4.69) is 76.2 Å². The first kappa shape index (κ1) is 24.7. The van der Waals surface area contributed by atoms with Crippen LogP contribution in [0.5, 0.6) is 5.75 Å². The normalized spacial score (nSPS) is 10.5.